The zero-order valence-corrected chi connectivity index (χ0v) is 19.6. The van der Waals surface area contributed by atoms with Gasteiger partial charge in [-0.15, -0.1) is 0 Å². The van der Waals surface area contributed by atoms with Crippen LogP contribution in [0.15, 0.2) is 28.7 Å². The molecule has 0 saturated heterocycles. The van der Waals surface area contributed by atoms with Gasteiger partial charge in [0.05, 0.1) is 29.0 Å². The number of hydrogen-bond acceptors (Lipinski definition) is 8. The van der Waals surface area contributed by atoms with Crippen molar-refractivity contribution >= 4 is 35.0 Å². The summed E-state index contributed by atoms with van der Waals surface area (Å²) in [6.45, 7) is 5.93. The van der Waals surface area contributed by atoms with Crippen molar-refractivity contribution < 1.29 is 14.3 Å². The fourth-order valence-corrected chi connectivity index (χ4v) is 3.98. The lowest BCUT2D eigenvalue weighted by Gasteiger charge is -2.23. The van der Waals surface area contributed by atoms with E-state index < -0.39 is 0 Å². The van der Waals surface area contributed by atoms with Crippen molar-refractivity contribution in [1.29, 1.82) is 0 Å². The van der Waals surface area contributed by atoms with Crippen molar-refractivity contribution in [1.82, 2.24) is 13.6 Å². The quantitative estimate of drug-likeness (QED) is 0.519. The molecule has 0 bridgehead atoms. The van der Waals surface area contributed by atoms with Crippen LogP contribution in [0.1, 0.15) is 53.8 Å². The minimum absolute atomic E-state index is 0.0619. The molecule has 31 heavy (non-hydrogen) atoms. The van der Waals surface area contributed by atoms with Gasteiger partial charge in [-0.3, -0.25) is 4.79 Å². The van der Waals surface area contributed by atoms with E-state index >= 15 is 0 Å². The van der Waals surface area contributed by atoms with Crippen LogP contribution in [0.25, 0.3) is 0 Å². The summed E-state index contributed by atoms with van der Waals surface area (Å²) in [5.41, 5.74) is 1.59. The first-order valence-electron chi connectivity index (χ1n) is 10.2. The molecule has 8 nitrogen and oxygen atoms in total. The highest BCUT2D eigenvalue weighted by molar-refractivity contribution is 6.99. The van der Waals surface area contributed by atoms with Gasteiger partial charge in [0.25, 0.3) is 5.91 Å². The Morgan fingerprint density at radius 2 is 1.94 bits per heavy atom. The second-order valence-corrected chi connectivity index (χ2v) is 8.10. The first-order valence-corrected chi connectivity index (χ1v) is 11.0. The monoisotopic (exact) mass is 443 g/mol. The first-order chi connectivity index (χ1) is 14.8. The molecule has 2 N–H and O–H groups in total. The molecule has 2 heterocycles. The number of aromatic hydroxyl groups is 1. The van der Waals surface area contributed by atoms with Crippen molar-refractivity contribution in [2.24, 2.45) is 0 Å². The second-order valence-electron chi connectivity index (χ2n) is 7.57. The molecule has 166 valence electrons. The van der Waals surface area contributed by atoms with E-state index in [-0.39, 0.29) is 17.7 Å². The van der Waals surface area contributed by atoms with Crippen molar-refractivity contribution in [2.75, 3.05) is 31.4 Å². The van der Waals surface area contributed by atoms with Crippen LogP contribution < -0.4 is 10.2 Å². The van der Waals surface area contributed by atoms with E-state index in [0.29, 0.717) is 29.3 Å². The molecule has 0 aliphatic rings. The molecule has 0 unspecified atom stereocenters. The number of rotatable bonds is 8. The van der Waals surface area contributed by atoms with Gasteiger partial charge in [-0.1, -0.05) is 19.9 Å². The number of carbonyl (C=O) groups is 1. The average molecular weight is 444 g/mol. The summed E-state index contributed by atoms with van der Waals surface area (Å²) in [6.07, 6.45) is 1.43. The van der Waals surface area contributed by atoms with Gasteiger partial charge in [0.15, 0.2) is 17.4 Å². The van der Waals surface area contributed by atoms with Crippen LogP contribution >= 0.6 is 11.7 Å². The maximum atomic E-state index is 12.7. The first kappa shape index (κ1) is 22.6. The molecule has 0 fully saturated rings. The number of aryl methyl sites for hydroxylation is 2. The lowest BCUT2D eigenvalue weighted by Crippen LogP contribution is -2.24. The molecule has 0 aliphatic heterocycles. The standard InChI is InChI=1S/C22H29N5O3S/c1-7-14-10-11-16(19(28)18(14)22(29)26(4)5)27(6)21-20(24-31-25-21)23-15(8-2)17-12-9-13(3)30-17/h9-12,15,28H,7-8H2,1-6H3,(H,23,24)/t15-/m1/s1. The fraction of sp³-hybridized carbons (Fsp3) is 0.409. The fourth-order valence-electron chi connectivity index (χ4n) is 3.44. The molecule has 9 heteroatoms. The van der Waals surface area contributed by atoms with E-state index in [1.807, 2.05) is 32.0 Å². The Kier molecular flexibility index (Phi) is 6.84. The Balaban J connectivity index is 1.96. The number of benzene rings is 1. The predicted octanol–water partition coefficient (Wildman–Crippen LogP) is 4.74. The molecule has 3 aromatic rings. The Morgan fingerprint density at radius 3 is 2.52 bits per heavy atom. The van der Waals surface area contributed by atoms with E-state index in [4.69, 9.17) is 4.42 Å². The number of phenols is 1. The van der Waals surface area contributed by atoms with Crippen LogP contribution in [-0.4, -0.2) is 45.8 Å². The summed E-state index contributed by atoms with van der Waals surface area (Å²) in [4.78, 5) is 15.9. The Labute approximate surface area is 186 Å². The number of phenolic OH excluding ortho intramolecular Hbond substituents is 1. The molecule has 0 radical (unpaired) electrons. The minimum Gasteiger partial charge on any atom is -0.505 e. The molecule has 0 aliphatic carbocycles. The van der Waals surface area contributed by atoms with E-state index in [9.17, 15) is 9.90 Å². The number of anilines is 3. The van der Waals surface area contributed by atoms with Gasteiger partial charge in [-0.25, -0.2) is 0 Å². The number of nitrogens with one attached hydrogen (secondary N) is 1. The molecule has 0 spiro atoms. The Morgan fingerprint density at radius 1 is 1.19 bits per heavy atom. The molecule has 1 atom stereocenters. The van der Waals surface area contributed by atoms with Gasteiger partial charge in [0.1, 0.15) is 11.5 Å². The number of hydrogen-bond donors (Lipinski definition) is 2. The highest BCUT2D eigenvalue weighted by Gasteiger charge is 2.25. The number of amides is 1. The predicted molar refractivity (Wildman–Crippen MR) is 124 cm³/mol. The van der Waals surface area contributed by atoms with Gasteiger partial charge >= 0.3 is 0 Å². The van der Waals surface area contributed by atoms with E-state index in [0.717, 1.165) is 35.2 Å². The molecule has 2 aromatic heterocycles. The highest BCUT2D eigenvalue weighted by Crippen LogP contribution is 2.39. The van der Waals surface area contributed by atoms with Crippen LogP contribution in [0.5, 0.6) is 5.75 Å². The van der Waals surface area contributed by atoms with Crippen LogP contribution in [0.4, 0.5) is 17.3 Å². The smallest absolute Gasteiger partial charge is 0.257 e. The zero-order valence-electron chi connectivity index (χ0n) is 18.8. The number of nitrogens with zero attached hydrogens (tertiary/aromatic N) is 4. The maximum absolute atomic E-state index is 12.7. The second kappa shape index (κ2) is 9.38. The molecular formula is C22H29N5O3S. The van der Waals surface area contributed by atoms with Crippen molar-refractivity contribution in [3.8, 4) is 5.75 Å². The lowest BCUT2D eigenvalue weighted by atomic mass is 10.0. The third-order valence-electron chi connectivity index (χ3n) is 5.22. The van der Waals surface area contributed by atoms with Crippen molar-refractivity contribution in [3.63, 3.8) is 0 Å². The largest absolute Gasteiger partial charge is 0.505 e. The van der Waals surface area contributed by atoms with E-state index in [1.54, 1.807) is 32.1 Å². The summed E-state index contributed by atoms with van der Waals surface area (Å²) >= 11 is 1.08. The number of carbonyl (C=O) groups excluding carboxylic acids is 1. The zero-order chi connectivity index (χ0) is 22.7. The van der Waals surface area contributed by atoms with E-state index in [2.05, 4.69) is 21.0 Å². The summed E-state index contributed by atoms with van der Waals surface area (Å²) in [5, 5.41) is 14.4. The van der Waals surface area contributed by atoms with Crippen molar-refractivity contribution in [3.05, 3.63) is 46.9 Å². The van der Waals surface area contributed by atoms with Gasteiger partial charge in [0, 0.05) is 21.1 Å². The van der Waals surface area contributed by atoms with Gasteiger partial charge in [-0.05, 0) is 43.5 Å². The van der Waals surface area contributed by atoms with Gasteiger partial charge < -0.3 is 24.6 Å². The third-order valence-corrected chi connectivity index (χ3v) is 5.74. The molecule has 0 saturated carbocycles. The maximum Gasteiger partial charge on any atom is 0.257 e. The van der Waals surface area contributed by atoms with Gasteiger partial charge in [-0.2, -0.15) is 8.75 Å². The highest BCUT2D eigenvalue weighted by atomic mass is 32.1. The number of furan rings is 1. The van der Waals surface area contributed by atoms with Crippen LogP contribution in [-0.2, 0) is 6.42 Å². The summed E-state index contributed by atoms with van der Waals surface area (Å²) < 4.78 is 14.6. The summed E-state index contributed by atoms with van der Waals surface area (Å²) in [7, 11) is 5.14. The SMILES string of the molecule is CCc1ccc(N(C)c2nsnc2N[C@H](CC)c2ccc(C)o2)c(O)c1C(=O)N(C)C. The molecule has 1 amide bonds. The Bertz CT molecular complexity index is 1060. The normalized spacial score (nSPS) is 11.9. The Hall–Kier alpha value is -3.07. The van der Waals surface area contributed by atoms with Crippen LogP contribution in [0.2, 0.25) is 0 Å². The number of aromatic nitrogens is 2. The van der Waals surface area contributed by atoms with Crippen molar-refractivity contribution in [2.45, 2.75) is 39.7 Å². The lowest BCUT2D eigenvalue weighted by molar-refractivity contribution is 0.0823. The third kappa shape index (κ3) is 4.51. The minimum atomic E-state index is -0.237. The average Bonchev–Trinajstić information content (AvgIpc) is 3.39. The molecular weight excluding hydrogens is 414 g/mol. The van der Waals surface area contributed by atoms with Crippen LogP contribution in [0.3, 0.4) is 0 Å². The van der Waals surface area contributed by atoms with E-state index in [1.165, 1.54) is 4.90 Å². The molecule has 3 rings (SSSR count). The molecule has 1 aromatic carbocycles. The summed E-state index contributed by atoms with van der Waals surface area (Å²) in [5.74, 6) is 2.54. The summed E-state index contributed by atoms with van der Waals surface area (Å²) in [6, 6.07) is 7.50. The topological polar surface area (TPSA) is 94.7 Å². The van der Waals surface area contributed by atoms with Crippen LogP contribution in [0, 0.1) is 6.92 Å². The van der Waals surface area contributed by atoms with Gasteiger partial charge in [0.2, 0.25) is 0 Å².